The van der Waals surface area contributed by atoms with Gasteiger partial charge >= 0.3 is 98.9 Å². The van der Waals surface area contributed by atoms with Gasteiger partial charge in [0.05, 0.1) is 0 Å². The molecular formula is C13H10BNO2S. The zero-order valence-corrected chi connectivity index (χ0v) is 10.3. The Balaban J connectivity index is 0.000000810. The first-order chi connectivity index (χ1) is 7.84. The minimum Gasteiger partial charge on any atom is -0.870 e. The van der Waals surface area contributed by atoms with Crippen molar-refractivity contribution >= 4 is 34.9 Å². The van der Waals surface area contributed by atoms with Crippen LogP contribution in [-0.4, -0.2) is 23.8 Å². The molecule has 0 unspecified atom stereocenters. The zero-order valence-electron chi connectivity index (χ0n) is 9.45. The van der Waals surface area contributed by atoms with Crippen molar-refractivity contribution in [2.75, 3.05) is 0 Å². The number of aromatic nitrogens is 1. The van der Waals surface area contributed by atoms with Gasteiger partial charge in [0, 0.05) is 0 Å². The van der Waals surface area contributed by atoms with E-state index < -0.39 is 0 Å². The number of nitrogens with zero attached hydrogens (tertiary/aromatic N) is 1. The monoisotopic (exact) mass is 255 g/mol. The van der Waals surface area contributed by atoms with E-state index in [4.69, 9.17) is 7.85 Å². The molecule has 0 spiro atoms. The van der Waals surface area contributed by atoms with Crippen LogP contribution in [0.2, 0.25) is 0 Å². The molecule has 0 amide bonds. The van der Waals surface area contributed by atoms with Gasteiger partial charge in [-0.3, -0.25) is 0 Å². The molecule has 0 aliphatic carbocycles. The average molecular weight is 255 g/mol. The minimum atomic E-state index is 0. The first-order valence-corrected chi connectivity index (χ1v) is 5.87. The fourth-order valence-corrected chi connectivity index (χ4v) is 2.69. The molecule has 0 atom stereocenters. The van der Waals surface area contributed by atoms with Gasteiger partial charge in [-0.05, 0) is 0 Å². The second-order valence-corrected chi connectivity index (χ2v) is 4.60. The maximum Gasteiger partial charge on any atom is -0.870 e. The van der Waals surface area contributed by atoms with Crippen LogP contribution in [0.1, 0.15) is 0 Å². The van der Waals surface area contributed by atoms with Gasteiger partial charge < -0.3 is 11.0 Å². The topological polar surface area (TPSA) is 72.9 Å². The van der Waals surface area contributed by atoms with Crippen molar-refractivity contribution in [3.05, 3.63) is 48.5 Å². The third kappa shape index (κ3) is 2.43. The van der Waals surface area contributed by atoms with Crippen LogP contribution >= 0.6 is 11.3 Å². The SMILES string of the molecule is [B+2]c1ccccc1-c1nc2ccccc2s1.[OH-].[OH-]. The number of hydrogen-bond acceptors (Lipinski definition) is 4. The van der Waals surface area contributed by atoms with E-state index in [-0.39, 0.29) is 11.0 Å². The van der Waals surface area contributed by atoms with E-state index >= 15 is 0 Å². The van der Waals surface area contributed by atoms with Crippen LogP contribution < -0.4 is 5.46 Å². The van der Waals surface area contributed by atoms with Gasteiger partial charge in [-0.25, -0.2) is 0 Å². The molecule has 18 heavy (non-hydrogen) atoms. The molecule has 88 valence electrons. The Kier molecular flexibility index (Phi) is 4.61. The summed E-state index contributed by atoms with van der Waals surface area (Å²) in [6.45, 7) is 0. The standard InChI is InChI=1S/C13H8BNS.2H2O/c14-10-6-2-1-5-9(10)13-15-11-7-3-4-8-12(11)16-13;;/h1-8H;2*1H2/q+2;;/p-2. The van der Waals surface area contributed by atoms with Crippen molar-refractivity contribution in [2.45, 2.75) is 0 Å². The van der Waals surface area contributed by atoms with Gasteiger partial charge in [0.15, 0.2) is 0 Å². The Hall–Kier alpha value is -1.69. The van der Waals surface area contributed by atoms with E-state index in [1.165, 1.54) is 4.70 Å². The maximum absolute atomic E-state index is 5.94. The van der Waals surface area contributed by atoms with Gasteiger partial charge in [0.2, 0.25) is 0 Å². The Bertz CT molecular complexity index is 621. The molecule has 0 saturated heterocycles. The number of para-hydroxylation sites is 1. The molecular weight excluding hydrogens is 245 g/mol. The first-order valence-electron chi connectivity index (χ1n) is 5.05. The van der Waals surface area contributed by atoms with Crippen LogP contribution in [0.25, 0.3) is 20.8 Å². The van der Waals surface area contributed by atoms with E-state index in [1.807, 2.05) is 42.5 Å². The molecule has 0 radical (unpaired) electrons. The van der Waals surface area contributed by atoms with Crippen molar-refractivity contribution in [2.24, 2.45) is 0 Å². The van der Waals surface area contributed by atoms with Crippen LogP contribution in [0.3, 0.4) is 0 Å². The van der Waals surface area contributed by atoms with Gasteiger partial charge in [-0.1, -0.05) is 0 Å². The van der Waals surface area contributed by atoms with E-state index in [9.17, 15) is 0 Å². The molecule has 0 bridgehead atoms. The number of thiazole rings is 1. The van der Waals surface area contributed by atoms with E-state index in [1.54, 1.807) is 11.3 Å². The fourth-order valence-electron chi connectivity index (χ4n) is 1.68. The van der Waals surface area contributed by atoms with Crippen molar-refractivity contribution in [1.29, 1.82) is 0 Å². The molecule has 3 rings (SSSR count). The van der Waals surface area contributed by atoms with Crippen LogP contribution in [0, 0.1) is 0 Å². The first kappa shape index (κ1) is 14.4. The second kappa shape index (κ2) is 5.77. The Morgan fingerprint density at radius 1 is 0.889 bits per heavy atom. The van der Waals surface area contributed by atoms with Crippen LogP contribution in [-0.2, 0) is 0 Å². The van der Waals surface area contributed by atoms with E-state index in [2.05, 4.69) is 11.1 Å². The molecule has 0 saturated carbocycles. The van der Waals surface area contributed by atoms with Gasteiger partial charge in [0.25, 0.3) is 0 Å². The van der Waals surface area contributed by atoms with Gasteiger partial charge in [-0.15, -0.1) is 0 Å². The second-order valence-electron chi connectivity index (χ2n) is 3.57. The summed E-state index contributed by atoms with van der Waals surface area (Å²) in [7, 11) is 5.94. The molecule has 1 aromatic heterocycles. The third-order valence-corrected chi connectivity index (χ3v) is 3.55. The Labute approximate surface area is 110 Å². The predicted molar refractivity (Wildman–Crippen MR) is 74.3 cm³/mol. The summed E-state index contributed by atoms with van der Waals surface area (Å²) in [6, 6.07) is 16.0. The summed E-state index contributed by atoms with van der Waals surface area (Å²) in [4.78, 5) is 4.58. The van der Waals surface area contributed by atoms with Gasteiger partial charge in [0.1, 0.15) is 0 Å². The predicted octanol–water partition coefficient (Wildman–Crippen LogP) is 2.40. The average Bonchev–Trinajstić information content (AvgIpc) is 2.73. The number of rotatable bonds is 1. The summed E-state index contributed by atoms with van der Waals surface area (Å²) in [5.41, 5.74) is 2.83. The van der Waals surface area contributed by atoms with Crippen molar-refractivity contribution in [3.63, 3.8) is 0 Å². The summed E-state index contributed by atoms with van der Waals surface area (Å²) >= 11 is 1.67. The molecule has 0 aliphatic rings. The van der Waals surface area contributed by atoms with Crippen LogP contribution in [0.4, 0.5) is 0 Å². The zero-order chi connectivity index (χ0) is 11.0. The summed E-state index contributed by atoms with van der Waals surface area (Å²) in [6.07, 6.45) is 0. The number of fused-ring (bicyclic) bond motifs is 1. The molecule has 3 nitrogen and oxygen atoms in total. The van der Waals surface area contributed by atoms with Crippen molar-refractivity contribution < 1.29 is 11.0 Å². The summed E-state index contributed by atoms with van der Waals surface area (Å²) in [5, 5.41) is 0.985. The largest absolute Gasteiger partial charge is 0.870 e. The molecule has 0 aliphatic heterocycles. The van der Waals surface area contributed by atoms with Crippen LogP contribution in [0.5, 0.6) is 0 Å². The molecule has 3 aromatic rings. The van der Waals surface area contributed by atoms with E-state index in [0.29, 0.717) is 0 Å². The quantitative estimate of drug-likeness (QED) is 0.626. The minimum absolute atomic E-state index is 0. The third-order valence-electron chi connectivity index (χ3n) is 2.49. The molecule has 1 heterocycles. The van der Waals surface area contributed by atoms with E-state index in [0.717, 1.165) is 21.6 Å². The molecule has 2 N–H and O–H groups in total. The number of hydrogen-bond donors (Lipinski definition) is 0. The normalized spacial score (nSPS) is 9.67. The maximum atomic E-state index is 5.94. The Morgan fingerprint density at radius 3 is 2.28 bits per heavy atom. The molecule has 0 fully saturated rings. The fraction of sp³-hybridized carbons (Fsp3) is 0. The Morgan fingerprint density at radius 2 is 1.56 bits per heavy atom. The smallest absolute Gasteiger partial charge is 0.870 e. The summed E-state index contributed by atoms with van der Waals surface area (Å²) < 4.78 is 1.20. The molecule has 2 aromatic carbocycles. The van der Waals surface area contributed by atoms with Gasteiger partial charge in [-0.2, -0.15) is 0 Å². The van der Waals surface area contributed by atoms with Crippen molar-refractivity contribution in [3.8, 4) is 10.6 Å². The summed E-state index contributed by atoms with van der Waals surface area (Å²) in [5.74, 6) is 0. The molecule has 5 heteroatoms. The van der Waals surface area contributed by atoms with Crippen LogP contribution in [0.15, 0.2) is 48.5 Å². The number of benzene rings is 2. The van der Waals surface area contributed by atoms with Crippen molar-refractivity contribution in [1.82, 2.24) is 4.98 Å².